The molecule has 1 aromatic heterocycles. The standard InChI is InChI=1S/C15H26N4OS/c1-5-18-8-9-19(14(20)10-12(2)21-4)11-13(18)15-16-6-7-17(15)3/h6-7,12-13H,5,8-11H2,1-4H3/t12-,13-/m1/s1. The Labute approximate surface area is 131 Å². The Bertz CT molecular complexity index is 476. The molecule has 118 valence electrons. The number of aryl methyl sites for hydroxylation is 1. The van der Waals surface area contributed by atoms with Gasteiger partial charge in [-0.2, -0.15) is 11.8 Å². The number of imidazole rings is 1. The van der Waals surface area contributed by atoms with E-state index in [0.29, 0.717) is 11.7 Å². The monoisotopic (exact) mass is 310 g/mol. The van der Waals surface area contributed by atoms with Gasteiger partial charge in [0.2, 0.25) is 5.91 Å². The van der Waals surface area contributed by atoms with E-state index >= 15 is 0 Å². The smallest absolute Gasteiger partial charge is 0.223 e. The van der Waals surface area contributed by atoms with E-state index in [1.807, 2.05) is 24.3 Å². The van der Waals surface area contributed by atoms with Gasteiger partial charge in [0, 0.05) is 50.7 Å². The van der Waals surface area contributed by atoms with Gasteiger partial charge in [-0.1, -0.05) is 13.8 Å². The first-order valence-corrected chi connectivity index (χ1v) is 8.87. The maximum absolute atomic E-state index is 12.4. The van der Waals surface area contributed by atoms with E-state index in [1.54, 1.807) is 11.8 Å². The van der Waals surface area contributed by atoms with E-state index < -0.39 is 0 Å². The average molecular weight is 310 g/mol. The van der Waals surface area contributed by atoms with Crippen molar-refractivity contribution in [1.29, 1.82) is 0 Å². The van der Waals surface area contributed by atoms with E-state index in [4.69, 9.17) is 0 Å². The molecule has 1 saturated heterocycles. The summed E-state index contributed by atoms with van der Waals surface area (Å²) in [6.45, 7) is 7.77. The predicted molar refractivity (Wildman–Crippen MR) is 87.4 cm³/mol. The maximum Gasteiger partial charge on any atom is 0.223 e. The van der Waals surface area contributed by atoms with Crippen LogP contribution >= 0.6 is 11.8 Å². The van der Waals surface area contributed by atoms with E-state index in [0.717, 1.165) is 32.0 Å². The Kier molecular flexibility index (Phi) is 5.70. The first-order valence-electron chi connectivity index (χ1n) is 7.58. The summed E-state index contributed by atoms with van der Waals surface area (Å²) in [5.41, 5.74) is 0. The Morgan fingerprint density at radius 3 is 2.86 bits per heavy atom. The van der Waals surface area contributed by atoms with Crippen molar-refractivity contribution in [1.82, 2.24) is 19.4 Å². The fraction of sp³-hybridized carbons (Fsp3) is 0.733. The Balaban J connectivity index is 2.08. The van der Waals surface area contributed by atoms with Gasteiger partial charge in [0.05, 0.1) is 6.04 Å². The zero-order valence-electron chi connectivity index (χ0n) is 13.5. The molecule has 21 heavy (non-hydrogen) atoms. The molecule has 2 atom stereocenters. The minimum atomic E-state index is 0.206. The van der Waals surface area contributed by atoms with Gasteiger partial charge in [-0.3, -0.25) is 9.69 Å². The highest BCUT2D eigenvalue weighted by Crippen LogP contribution is 2.24. The molecule has 1 aliphatic rings. The van der Waals surface area contributed by atoms with Gasteiger partial charge in [0.15, 0.2) is 0 Å². The first-order chi connectivity index (χ1) is 10.1. The van der Waals surface area contributed by atoms with Gasteiger partial charge < -0.3 is 9.47 Å². The fourth-order valence-corrected chi connectivity index (χ4v) is 3.14. The molecule has 1 fully saturated rings. The number of piperazine rings is 1. The summed E-state index contributed by atoms with van der Waals surface area (Å²) < 4.78 is 2.06. The molecule has 1 aromatic rings. The third kappa shape index (κ3) is 3.80. The second kappa shape index (κ2) is 7.31. The van der Waals surface area contributed by atoms with Crippen LogP contribution < -0.4 is 0 Å². The summed E-state index contributed by atoms with van der Waals surface area (Å²) in [7, 11) is 2.02. The highest BCUT2D eigenvalue weighted by Gasteiger charge is 2.32. The summed E-state index contributed by atoms with van der Waals surface area (Å²) in [5, 5.41) is 0.383. The Morgan fingerprint density at radius 1 is 1.52 bits per heavy atom. The lowest BCUT2D eigenvalue weighted by molar-refractivity contribution is -0.134. The summed E-state index contributed by atoms with van der Waals surface area (Å²) in [6.07, 6.45) is 6.49. The molecule has 1 amide bonds. The van der Waals surface area contributed by atoms with Crippen LogP contribution in [0.25, 0.3) is 0 Å². The van der Waals surface area contributed by atoms with Crippen LogP contribution in [-0.4, -0.2) is 62.9 Å². The average Bonchev–Trinajstić information content (AvgIpc) is 2.92. The van der Waals surface area contributed by atoms with Crippen LogP contribution in [0.1, 0.15) is 32.1 Å². The molecule has 1 aliphatic heterocycles. The molecular weight excluding hydrogens is 284 g/mol. The molecule has 0 spiro atoms. The van der Waals surface area contributed by atoms with E-state index in [9.17, 15) is 4.79 Å². The van der Waals surface area contributed by atoms with Crippen molar-refractivity contribution >= 4 is 17.7 Å². The van der Waals surface area contributed by atoms with Crippen molar-refractivity contribution in [3.63, 3.8) is 0 Å². The van der Waals surface area contributed by atoms with Gasteiger partial charge in [-0.25, -0.2) is 4.98 Å². The Morgan fingerprint density at radius 2 is 2.29 bits per heavy atom. The number of likely N-dealkylation sites (N-methyl/N-ethyl adjacent to an activating group) is 1. The van der Waals surface area contributed by atoms with Crippen LogP contribution in [0.4, 0.5) is 0 Å². The van der Waals surface area contributed by atoms with Crippen LogP contribution in [0.3, 0.4) is 0 Å². The van der Waals surface area contributed by atoms with Crippen molar-refractivity contribution in [2.24, 2.45) is 7.05 Å². The third-order valence-electron chi connectivity index (χ3n) is 4.27. The van der Waals surface area contributed by atoms with Crippen molar-refractivity contribution in [2.45, 2.75) is 31.6 Å². The van der Waals surface area contributed by atoms with Crippen molar-refractivity contribution in [3.05, 3.63) is 18.2 Å². The van der Waals surface area contributed by atoms with Crippen LogP contribution in [0.15, 0.2) is 12.4 Å². The number of amides is 1. The summed E-state index contributed by atoms with van der Waals surface area (Å²) in [6, 6.07) is 0.206. The lowest BCUT2D eigenvalue weighted by atomic mass is 10.1. The molecule has 0 bridgehead atoms. The number of nitrogens with zero attached hydrogens (tertiary/aromatic N) is 4. The molecule has 0 N–H and O–H groups in total. The lowest BCUT2D eigenvalue weighted by Gasteiger charge is -2.40. The fourth-order valence-electron chi connectivity index (χ4n) is 2.83. The quantitative estimate of drug-likeness (QED) is 0.831. The number of rotatable bonds is 5. The highest BCUT2D eigenvalue weighted by atomic mass is 32.2. The maximum atomic E-state index is 12.4. The molecule has 0 saturated carbocycles. The normalized spacial score (nSPS) is 21.5. The van der Waals surface area contributed by atoms with E-state index in [2.05, 4.69) is 34.6 Å². The lowest BCUT2D eigenvalue weighted by Crippen LogP contribution is -2.51. The number of thioether (sulfide) groups is 1. The van der Waals surface area contributed by atoms with Gasteiger partial charge in [0.1, 0.15) is 5.82 Å². The molecule has 0 radical (unpaired) electrons. The molecule has 0 aromatic carbocycles. The van der Waals surface area contributed by atoms with Crippen LogP contribution in [0.5, 0.6) is 0 Å². The molecule has 6 heteroatoms. The largest absolute Gasteiger partial charge is 0.339 e. The number of carbonyl (C=O) groups excluding carboxylic acids is 1. The number of aromatic nitrogens is 2. The minimum Gasteiger partial charge on any atom is -0.339 e. The van der Waals surface area contributed by atoms with Crippen LogP contribution in [0, 0.1) is 0 Å². The molecule has 2 heterocycles. The number of hydrogen-bond donors (Lipinski definition) is 0. The second-order valence-corrected chi connectivity index (χ2v) is 6.91. The predicted octanol–water partition coefficient (Wildman–Crippen LogP) is 1.77. The Hall–Kier alpha value is -1.01. The summed E-state index contributed by atoms with van der Waals surface area (Å²) in [5.74, 6) is 1.32. The van der Waals surface area contributed by atoms with E-state index in [-0.39, 0.29) is 11.9 Å². The molecule has 0 unspecified atom stereocenters. The zero-order valence-corrected chi connectivity index (χ0v) is 14.3. The van der Waals surface area contributed by atoms with Gasteiger partial charge in [-0.15, -0.1) is 0 Å². The van der Waals surface area contributed by atoms with Crippen molar-refractivity contribution in [3.8, 4) is 0 Å². The molecule has 0 aliphatic carbocycles. The number of carbonyl (C=O) groups is 1. The van der Waals surface area contributed by atoms with Gasteiger partial charge in [0.25, 0.3) is 0 Å². The van der Waals surface area contributed by atoms with Gasteiger partial charge >= 0.3 is 0 Å². The summed E-state index contributed by atoms with van der Waals surface area (Å²) >= 11 is 1.75. The number of hydrogen-bond acceptors (Lipinski definition) is 4. The van der Waals surface area contributed by atoms with Crippen molar-refractivity contribution in [2.75, 3.05) is 32.4 Å². The second-order valence-electron chi connectivity index (χ2n) is 5.63. The van der Waals surface area contributed by atoms with Crippen LogP contribution in [0.2, 0.25) is 0 Å². The SMILES string of the molecule is CCN1CCN(C(=O)C[C@@H](C)SC)C[C@@H]1c1nccn1C. The van der Waals surface area contributed by atoms with Gasteiger partial charge in [-0.05, 0) is 12.8 Å². The van der Waals surface area contributed by atoms with Crippen molar-refractivity contribution < 1.29 is 4.79 Å². The summed E-state index contributed by atoms with van der Waals surface area (Å²) in [4.78, 5) is 21.3. The molecule has 5 nitrogen and oxygen atoms in total. The minimum absolute atomic E-state index is 0.206. The first kappa shape index (κ1) is 16.4. The topological polar surface area (TPSA) is 41.4 Å². The van der Waals surface area contributed by atoms with Crippen LogP contribution in [-0.2, 0) is 11.8 Å². The van der Waals surface area contributed by atoms with E-state index in [1.165, 1.54) is 0 Å². The third-order valence-corrected chi connectivity index (χ3v) is 5.24. The highest BCUT2D eigenvalue weighted by molar-refractivity contribution is 7.99. The molecular formula is C15H26N4OS. The molecule has 2 rings (SSSR count). The zero-order chi connectivity index (χ0) is 15.4.